The number of hydrogen-bond donors (Lipinski definition) is 1. The molecule has 1 aliphatic rings. The lowest BCUT2D eigenvalue weighted by atomic mass is 10.2. The maximum atomic E-state index is 13.7. The molecule has 2 heterocycles. The Bertz CT molecular complexity index is 1190. The number of fused-ring (bicyclic) bond motifs is 3. The van der Waals surface area contributed by atoms with E-state index in [1.54, 1.807) is 11.8 Å². The minimum atomic E-state index is -0.0106. The fraction of sp³-hybridized carbons (Fsp3) is 0.167. The molecule has 0 atom stereocenters. The fourth-order valence-electron chi connectivity index (χ4n) is 3.91. The molecule has 0 saturated carbocycles. The lowest BCUT2D eigenvalue weighted by Crippen LogP contribution is -2.32. The number of benzene rings is 3. The number of carbonyl (C=O) groups excluding carboxylic acids is 1. The molecular weight excluding hydrogens is 394 g/mol. The predicted octanol–water partition coefficient (Wildman–Crippen LogP) is 4.79. The highest BCUT2D eigenvalue weighted by Gasteiger charge is 2.28. The highest BCUT2D eigenvalue weighted by atomic mass is 32.2. The lowest BCUT2D eigenvalue weighted by Gasteiger charge is -2.31. The number of aryl methyl sites for hydroxylation is 1. The Balaban J connectivity index is 1.57. The second-order valence-electron chi connectivity index (χ2n) is 7.20. The van der Waals surface area contributed by atoms with Crippen molar-refractivity contribution in [3.05, 3.63) is 78.6 Å². The zero-order valence-electron chi connectivity index (χ0n) is 16.4. The number of hydrogen-bond acceptors (Lipinski definition) is 4. The molecule has 0 fully saturated rings. The average molecular weight is 416 g/mol. The van der Waals surface area contributed by atoms with Gasteiger partial charge in [0.1, 0.15) is 12.4 Å². The standard InChI is InChI=1S/C24H21N3O2S/c28-15-7-14-23-25-17-8-1-2-9-18(17)26(23)16-24(29)27-19-10-3-5-12-21(19)30-22-13-6-4-11-20(22)27/h1-6,8-13,28H,7,14-16H2. The van der Waals surface area contributed by atoms with Crippen molar-refractivity contribution in [3.8, 4) is 0 Å². The van der Waals surface area contributed by atoms with Gasteiger partial charge >= 0.3 is 0 Å². The molecule has 6 heteroatoms. The lowest BCUT2D eigenvalue weighted by molar-refractivity contribution is -0.118. The number of rotatable bonds is 5. The number of imidazole rings is 1. The second kappa shape index (κ2) is 7.97. The van der Waals surface area contributed by atoms with Gasteiger partial charge in [0.25, 0.3) is 5.91 Å². The summed E-state index contributed by atoms with van der Waals surface area (Å²) in [7, 11) is 0. The quantitative estimate of drug-likeness (QED) is 0.509. The monoisotopic (exact) mass is 415 g/mol. The van der Waals surface area contributed by atoms with Gasteiger partial charge in [-0.2, -0.15) is 0 Å². The minimum absolute atomic E-state index is 0.0106. The van der Waals surface area contributed by atoms with Gasteiger partial charge in [0.2, 0.25) is 0 Å². The Morgan fingerprint density at radius 1 is 0.900 bits per heavy atom. The Kier molecular flexibility index (Phi) is 5.02. The number of para-hydroxylation sites is 4. The van der Waals surface area contributed by atoms with Crippen LogP contribution in [0.4, 0.5) is 11.4 Å². The molecule has 0 saturated heterocycles. The van der Waals surface area contributed by atoms with E-state index in [1.165, 1.54) is 0 Å². The van der Waals surface area contributed by atoms with E-state index < -0.39 is 0 Å². The molecule has 0 radical (unpaired) electrons. The Morgan fingerprint density at radius 3 is 2.23 bits per heavy atom. The molecule has 3 aromatic carbocycles. The summed E-state index contributed by atoms with van der Waals surface area (Å²) in [4.78, 5) is 22.4. The van der Waals surface area contributed by atoms with E-state index in [0.717, 1.165) is 38.0 Å². The first-order valence-corrected chi connectivity index (χ1v) is 10.8. The van der Waals surface area contributed by atoms with Crippen molar-refractivity contribution in [2.75, 3.05) is 11.5 Å². The summed E-state index contributed by atoms with van der Waals surface area (Å²) in [6, 6.07) is 23.9. The normalized spacial score (nSPS) is 12.6. The summed E-state index contributed by atoms with van der Waals surface area (Å²) in [6.45, 7) is 0.288. The van der Waals surface area contributed by atoms with E-state index in [0.29, 0.717) is 12.8 Å². The van der Waals surface area contributed by atoms with Crippen molar-refractivity contribution >= 4 is 40.1 Å². The number of carbonyl (C=O) groups is 1. The topological polar surface area (TPSA) is 58.4 Å². The van der Waals surface area contributed by atoms with Gasteiger partial charge in [0.05, 0.1) is 22.4 Å². The van der Waals surface area contributed by atoms with Crippen molar-refractivity contribution in [2.45, 2.75) is 29.2 Å². The van der Waals surface area contributed by atoms with E-state index in [9.17, 15) is 9.90 Å². The first-order chi connectivity index (χ1) is 14.8. The van der Waals surface area contributed by atoms with Crippen molar-refractivity contribution in [2.24, 2.45) is 0 Å². The molecule has 0 spiro atoms. The maximum Gasteiger partial charge on any atom is 0.251 e. The number of aromatic nitrogens is 2. The summed E-state index contributed by atoms with van der Waals surface area (Å²) in [5.41, 5.74) is 3.63. The first-order valence-electron chi connectivity index (χ1n) is 10.00. The van der Waals surface area contributed by atoms with Gasteiger partial charge in [-0.1, -0.05) is 48.2 Å². The zero-order chi connectivity index (χ0) is 20.5. The molecule has 1 amide bonds. The molecule has 0 aliphatic carbocycles. The SMILES string of the molecule is O=C(Cn1c(CCCO)nc2ccccc21)N1c2ccccc2Sc2ccccc21. The van der Waals surface area contributed by atoms with Gasteiger partial charge in [-0.15, -0.1) is 0 Å². The van der Waals surface area contributed by atoms with Crippen molar-refractivity contribution in [1.29, 1.82) is 0 Å². The van der Waals surface area contributed by atoms with E-state index in [1.807, 2.05) is 70.1 Å². The number of anilines is 2. The highest BCUT2D eigenvalue weighted by molar-refractivity contribution is 7.99. The third-order valence-corrected chi connectivity index (χ3v) is 6.40. The molecule has 150 valence electrons. The van der Waals surface area contributed by atoms with Crippen LogP contribution < -0.4 is 4.90 Å². The molecule has 1 N–H and O–H groups in total. The summed E-state index contributed by atoms with van der Waals surface area (Å²) in [6.07, 6.45) is 1.24. The summed E-state index contributed by atoms with van der Waals surface area (Å²) in [5, 5.41) is 9.28. The minimum Gasteiger partial charge on any atom is -0.396 e. The van der Waals surface area contributed by atoms with Gasteiger partial charge < -0.3 is 9.67 Å². The zero-order valence-corrected chi connectivity index (χ0v) is 17.2. The number of aliphatic hydroxyl groups is 1. The van der Waals surface area contributed by atoms with Crippen molar-refractivity contribution < 1.29 is 9.90 Å². The van der Waals surface area contributed by atoms with Crippen LogP contribution in [0.5, 0.6) is 0 Å². The average Bonchev–Trinajstić information content (AvgIpc) is 3.13. The summed E-state index contributed by atoms with van der Waals surface area (Å²) < 4.78 is 1.99. The Hall–Kier alpha value is -3.09. The molecule has 5 nitrogen and oxygen atoms in total. The van der Waals surface area contributed by atoms with Crippen LogP contribution in [0.3, 0.4) is 0 Å². The molecular formula is C24H21N3O2S. The van der Waals surface area contributed by atoms with Gasteiger partial charge in [-0.05, 0) is 42.8 Å². The molecule has 4 aromatic rings. The maximum absolute atomic E-state index is 13.7. The predicted molar refractivity (Wildman–Crippen MR) is 119 cm³/mol. The van der Waals surface area contributed by atoms with E-state index in [2.05, 4.69) is 12.1 Å². The van der Waals surface area contributed by atoms with Gasteiger partial charge in [0, 0.05) is 22.8 Å². The van der Waals surface area contributed by atoms with Crippen LogP contribution in [0.15, 0.2) is 82.6 Å². The fourth-order valence-corrected chi connectivity index (χ4v) is 4.97. The van der Waals surface area contributed by atoms with E-state index in [4.69, 9.17) is 4.98 Å². The van der Waals surface area contributed by atoms with Crippen molar-refractivity contribution in [3.63, 3.8) is 0 Å². The summed E-state index contributed by atoms with van der Waals surface area (Å²) >= 11 is 1.69. The van der Waals surface area contributed by atoms with E-state index >= 15 is 0 Å². The van der Waals surface area contributed by atoms with Crippen LogP contribution in [-0.2, 0) is 17.8 Å². The molecule has 5 rings (SSSR count). The summed E-state index contributed by atoms with van der Waals surface area (Å²) in [5.74, 6) is 0.815. The molecule has 1 aromatic heterocycles. The largest absolute Gasteiger partial charge is 0.396 e. The van der Waals surface area contributed by atoms with E-state index in [-0.39, 0.29) is 19.1 Å². The molecule has 30 heavy (non-hydrogen) atoms. The molecule has 0 bridgehead atoms. The van der Waals surface area contributed by atoms with Gasteiger partial charge in [-0.3, -0.25) is 9.69 Å². The number of aliphatic hydroxyl groups excluding tert-OH is 1. The number of amides is 1. The van der Waals surface area contributed by atoms with Crippen molar-refractivity contribution in [1.82, 2.24) is 9.55 Å². The Morgan fingerprint density at radius 2 is 1.53 bits per heavy atom. The smallest absolute Gasteiger partial charge is 0.251 e. The van der Waals surface area contributed by atoms with Crippen LogP contribution in [0.25, 0.3) is 11.0 Å². The van der Waals surface area contributed by atoms with Crippen LogP contribution in [0.2, 0.25) is 0 Å². The van der Waals surface area contributed by atoms with Gasteiger partial charge in [-0.25, -0.2) is 4.98 Å². The van der Waals surface area contributed by atoms with Crippen LogP contribution in [0, 0.1) is 0 Å². The third-order valence-electron chi connectivity index (χ3n) is 5.27. The third kappa shape index (κ3) is 3.28. The number of nitrogens with zero attached hydrogens (tertiary/aromatic N) is 3. The molecule has 1 aliphatic heterocycles. The molecule has 0 unspecified atom stereocenters. The highest BCUT2D eigenvalue weighted by Crippen LogP contribution is 2.48. The Labute approximate surface area is 179 Å². The second-order valence-corrected chi connectivity index (χ2v) is 8.28. The van der Waals surface area contributed by atoms with Crippen LogP contribution in [-0.4, -0.2) is 27.2 Å². The van der Waals surface area contributed by atoms with Gasteiger partial charge in [0.15, 0.2) is 0 Å². The van der Waals surface area contributed by atoms with Crippen LogP contribution >= 0.6 is 11.8 Å². The first kappa shape index (κ1) is 18.9. The van der Waals surface area contributed by atoms with Crippen LogP contribution in [0.1, 0.15) is 12.2 Å².